The molecule has 0 aromatic heterocycles. The molecule has 2 heterocycles. The summed E-state index contributed by atoms with van der Waals surface area (Å²) in [5.41, 5.74) is 5.68. The summed E-state index contributed by atoms with van der Waals surface area (Å²) in [4.78, 5) is 2.61. The van der Waals surface area contributed by atoms with Gasteiger partial charge in [0.2, 0.25) is 0 Å². The van der Waals surface area contributed by atoms with E-state index in [2.05, 4.69) is 10.2 Å². The van der Waals surface area contributed by atoms with E-state index in [1.54, 1.807) is 0 Å². The molecule has 4 heteroatoms. The number of hydrogen-bond donors (Lipinski definition) is 2. The largest absolute Gasteiger partial charge is 0.330 e. The fraction of sp³-hybridized carbons (Fsp3) is 1.00. The van der Waals surface area contributed by atoms with E-state index in [-0.39, 0.29) is 12.4 Å². The monoisotopic (exact) mass is 233 g/mol. The molecule has 0 aromatic rings. The zero-order valence-corrected chi connectivity index (χ0v) is 10.3. The average Bonchev–Trinajstić information content (AvgIpc) is 2.72. The Morgan fingerprint density at radius 1 is 1.20 bits per heavy atom. The highest BCUT2D eigenvalue weighted by molar-refractivity contribution is 5.85. The Labute approximate surface area is 99.2 Å². The first kappa shape index (κ1) is 13.2. The molecule has 15 heavy (non-hydrogen) atoms. The van der Waals surface area contributed by atoms with Gasteiger partial charge in [0.15, 0.2) is 0 Å². The molecule has 2 rings (SSSR count). The number of nitrogens with one attached hydrogen (secondary N) is 1. The molecular weight excluding hydrogens is 210 g/mol. The van der Waals surface area contributed by atoms with Crippen molar-refractivity contribution in [2.45, 2.75) is 31.7 Å². The van der Waals surface area contributed by atoms with E-state index in [0.29, 0.717) is 0 Å². The van der Waals surface area contributed by atoms with Crippen molar-refractivity contribution in [2.75, 3.05) is 32.7 Å². The van der Waals surface area contributed by atoms with Crippen LogP contribution in [0.2, 0.25) is 0 Å². The molecule has 90 valence electrons. The SMILES string of the molecule is Cl.NCC1CCN(C[C@@H]2CCCN2)CC1. The maximum absolute atomic E-state index is 5.68. The van der Waals surface area contributed by atoms with Gasteiger partial charge in [0.25, 0.3) is 0 Å². The van der Waals surface area contributed by atoms with Gasteiger partial charge in [-0.1, -0.05) is 0 Å². The van der Waals surface area contributed by atoms with Crippen molar-refractivity contribution in [3.63, 3.8) is 0 Å². The second kappa shape index (κ2) is 6.69. The molecule has 0 saturated carbocycles. The second-order valence-corrected chi connectivity index (χ2v) is 4.77. The van der Waals surface area contributed by atoms with Crippen molar-refractivity contribution < 1.29 is 0 Å². The summed E-state index contributed by atoms with van der Waals surface area (Å²) in [6.45, 7) is 5.90. The van der Waals surface area contributed by atoms with Crippen molar-refractivity contribution >= 4 is 12.4 Å². The first-order valence-corrected chi connectivity index (χ1v) is 6.04. The molecule has 0 spiro atoms. The predicted octanol–water partition coefficient (Wildman–Crippen LogP) is 0.831. The highest BCUT2D eigenvalue weighted by atomic mass is 35.5. The van der Waals surface area contributed by atoms with Crippen LogP contribution in [0.3, 0.4) is 0 Å². The highest BCUT2D eigenvalue weighted by Gasteiger charge is 2.22. The molecule has 2 fully saturated rings. The summed E-state index contributed by atoms with van der Waals surface area (Å²) in [6.07, 6.45) is 5.35. The summed E-state index contributed by atoms with van der Waals surface area (Å²) >= 11 is 0. The van der Waals surface area contributed by atoms with Crippen LogP contribution in [0.25, 0.3) is 0 Å². The van der Waals surface area contributed by atoms with Crippen molar-refractivity contribution in [2.24, 2.45) is 11.7 Å². The number of likely N-dealkylation sites (tertiary alicyclic amines) is 1. The predicted molar refractivity (Wildman–Crippen MR) is 66.5 cm³/mol. The van der Waals surface area contributed by atoms with E-state index in [4.69, 9.17) is 5.73 Å². The summed E-state index contributed by atoms with van der Waals surface area (Å²) in [6, 6.07) is 0.768. The molecule has 0 aliphatic carbocycles. The van der Waals surface area contributed by atoms with Crippen molar-refractivity contribution in [3.8, 4) is 0 Å². The first-order valence-electron chi connectivity index (χ1n) is 6.04. The lowest BCUT2D eigenvalue weighted by Gasteiger charge is -2.32. The number of nitrogens with two attached hydrogens (primary N) is 1. The number of rotatable bonds is 3. The van der Waals surface area contributed by atoms with Gasteiger partial charge in [0, 0.05) is 12.6 Å². The quantitative estimate of drug-likeness (QED) is 0.759. The summed E-state index contributed by atoms with van der Waals surface area (Å²) in [5, 5.41) is 3.56. The van der Waals surface area contributed by atoms with Gasteiger partial charge in [0.05, 0.1) is 0 Å². The van der Waals surface area contributed by atoms with Crippen molar-refractivity contribution in [3.05, 3.63) is 0 Å². The van der Waals surface area contributed by atoms with E-state index >= 15 is 0 Å². The van der Waals surface area contributed by atoms with Crippen LogP contribution in [-0.4, -0.2) is 43.7 Å². The number of hydrogen-bond acceptors (Lipinski definition) is 3. The number of piperidine rings is 1. The van der Waals surface area contributed by atoms with Gasteiger partial charge in [-0.2, -0.15) is 0 Å². The molecule has 3 nitrogen and oxygen atoms in total. The van der Waals surface area contributed by atoms with E-state index in [1.165, 1.54) is 51.9 Å². The summed E-state index contributed by atoms with van der Waals surface area (Å²) in [5.74, 6) is 0.794. The molecule has 0 bridgehead atoms. The smallest absolute Gasteiger partial charge is 0.0195 e. The average molecular weight is 234 g/mol. The summed E-state index contributed by atoms with van der Waals surface area (Å²) < 4.78 is 0. The maximum Gasteiger partial charge on any atom is 0.0195 e. The minimum atomic E-state index is 0. The molecule has 1 atom stereocenters. The fourth-order valence-corrected chi connectivity index (χ4v) is 2.63. The van der Waals surface area contributed by atoms with Crippen LogP contribution in [0.15, 0.2) is 0 Å². The van der Waals surface area contributed by atoms with Gasteiger partial charge in [-0.05, 0) is 57.8 Å². The Hall–Kier alpha value is 0.170. The zero-order valence-electron chi connectivity index (χ0n) is 9.45. The zero-order chi connectivity index (χ0) is 9.80. The third-order valence-corrected chi connectivity index (χ3v) is 3.68. The van der Waals surface area contributed by atoms with E-state index in [0.717, 1.165) is 18.5 Å². The van der Waals surface area contributed by atoms with Crippen LogP contribution < -0.4 is 11.1 Å². The van der Waals surface area contributed by atoms with Crippen LogP contribution in [-0.2, 0) is 0 Å². The lowest BCUT2D eigenvalue weighted by molar-refractivity contribution is 0.174. The normalized spacial score (nSPS) is 29.0. The number of halogens is 1. The van der Waals surface area contributed by atoms with Crippen LogP contribution in [0.4, 0.5) is 0 Å². The van der Waals surface area contributed by atoms with Gasteiger partial charge in [-0.25, -0.2) is 0 Å². The Balaban J connectivity index is 0.00000112. The molecule has 0 radical (unpaired) electrons. The van der Waals surface area contributed by atoms with E-state index in [9.17, 15) is 0 Å². The molecule has 3 N–H and O–H groups in total. The molecule has 2 saturated heterocycles. The van der Waals surface area contributed by atoms with Crippen LogP contribution in [0, 0.1) is 5.92 Å². The highest BCUT2D eigenvalue weighted by Crippen LogP contribution is 2.17. The van der Waals surface area contributed by atoms with Gasteiger partial charge in [-0.3, -0.25) is 0 Å². The van der Waals surface area contributed by atoms with Gasteiger partial charge in [-0.15, -0.1) is 12.4 Å². The van der Waals surface area contributed by atoms with Crippen molar-refractivity contribution in [1.82, 2.24) is 10.2 Å². The second-order valence-electron chi connectivity index (χ2n) is 4.77. The molecular formula is C11H24ClN3. The molecule has 0 unspecified atom stereocenters. The molecule has 2 aliphatic rings. The Kier molecular flexibility index (Phi) is 5.90. The lowest BCUT2D eigenvalue weighted by Crippen LogP contribution is -2.42. The Bertz CT molecular complexity index is 163. The standard InChI is InChI=1S/C11H23N3.ClH/c12-8-10-3-6-14(7-4-10)9-11-2-1-5-13-11;/h10-11,13H,1-9,12H2;1H/t11-;/m0./s1. The third-order valence-electron chi connectivity index (χ3n) is 3.68. The van der Waals surface area contributed by atoms with Crippen LogP contribution >= 0.6 is 12.4 Å². The van der Waals surface area contributed by atoms with Gasteiger partial charge >= 0.3 is 0 Å². The lowest BCUT2D eigenvalue weighted by atomic mass is 9.97. The Morgan fingerprint density at radius 2 is 1.93 bits per heavy atom. The van der Waals surface area contributed by atoms with Crippen LogP contribution in [0.5, 0.6) is 0 Å². The number of nitrogens with zero attached hydrogens (tertiary/aromatic N) is 1. The molecule has 0 amide bonds. The van der Waals surface area contributed by atoms with E-state index in [1.807, 2.05) is 0 Å². The topological polar surface area (TPSA) is 41.3 Å². The van der Waals surface area contributed by atoms with E-state index < -0.39 is 0 Å². The van der Waals surface area contributed by atoms with Gasteiger partial charge in [0.1, 0.15) is 0 Å². The molecule has 2 aliphatic heterocycles. The van der Waals surface area contributed by atoms with Crippen molar-refractivity contribution in [1.29, 1.82) is 0 Å². The first-order chi connectivity index (χ1) is 6.88. The van der Waals surface area contributed by atoms with Crippen LogP contribution in [0.1, 0.15) is 25.7 Å². The third kappa shape index (κ3) is 3.91. The minimum absolute atomic E-state index is 0. The Morgan fingerprint density at radius 3 is 2.47 bits per heavy atom. The summed E-state index contributed by atoms with van der Waals surface area (Å²) in [7, 11) is 0. The van der Waals surface area contributed by atoms with Gasteiger partial charge < -0.3 is 16.0 Å². The minimum Gasteiger partial charge on any atom is -0.330 e. The maximum atomic E-state index is 5.68. The molecule has 0 aromatic carbocycles. The fourth-order valence-electron chi connectivity index (χ4n) is 2.63.